The molecule has 3 N–H and O–H groups in total. The summed E-state index contributed by atoms with van der Waals surface area (Å²) in [6.45, 7) is 1.52. The summed E-state index contributed by atoms with van der Waals surface area (Å²) in [5.74, 6) is -0.356. The van der Waals surface area contributed by atoms with Gasteiger partial charge in [0.05, 0.1) is 24.0 Å². The number of carbonyl (C=O) groups is 1. The third-order valence-corrected chi connectivity index (χ3v) is 3.06. The molecule has 5 nitrogen and oxygen atoms in total. The van der Waals surface area contributed by atoms with Gasteiger partial charge in [-0.25, -0.2) is 4.79 Å². The number of benzene rings is 1. The highest BCUT2D eigenvalue weighted by molar-refractivity contribution is 5.91. The lowest BCUT2D eigenvalue weighted by Gasteiger charge is -2.25. The molecule has 1 saturated heterocycles. The summed E-state index contributed by atoms with van der Waals surface area (Å²) in [5.41, 5.74) is 7.82. The monoisotopic (exact) mass is 250 g/mol. The lowest BCUT2D eigenvalue weighted by atomic mass is 10.1. The molecular formula is C13H18N2O3. The van der Waals surface area contributed by atoms with Crippen molar-refractivity contribution in [3.8, 4) is 0 Å². The highest BCUT2D eigenvalue weighted by Crippen LogP contribution is 2.23. The first-order valence-corrected chi connectivity index (χ1v) is 6.03. The van der Waals surface area contributed by atoms with Crippen molar-refractivity contribution in [1.82, 2.24) is 0 Å². The molecule has 0 radical (unpaired) electrons. The zero-order valence-electron chi connectivity index (χ0n) is 10.4. The second-order valence-electron chi connectivity index (χ2n) is 4.32. The Balaban J connectivity index is 2.12. The Hall–Kier alpha value is -1.75. The van der Waals surface area contributed by atoms with Gasteiger partial charge in [0, 0.05) is 19.3 Å². The van der Waals surface area contributed by atoms with Crippen LogP contribution in [0.1, 0.15) is 23.2 Å². The van der Waals surface area contributed by atoms with Crippen LogP contribution in [0.5, 0.6) is 0 Å². The number of nitrogen functional groups attached to an aromatic ring is 1. The number of carbonyl (C=O) groups excluding carboxylic acids is 1. The van der Waals surface area contributed by atoms with Crippen molar-refractivity contribution in [2.75, 3.05) is 31.4 Å². The van der Waals surface area contributed by atoms with Crippen LogP contribution in [0, 0.1) is 0 Å². The second-order valence-corrected chi connectivity index (χ2v) is 4.32. The zero-order valence-corrected chi connectivity index (χ0v) is 10.4. The first-order chi connectivity index (χ1) is 8.70. The Morgan fingerprint density at radius 1 is 1.44 bits per heavy atom. The van der Waals surface area contributed by atoms with E-state index >= 15 is 0 Å². The van der Waals surface area contributed by atoms with Crippen LogP contribution < -0.4 is 11.1 Å². The van der Waals surface area contributed by atoms with Crippen LogP contribution >= 0.6 is 0 Å². The number of nitrogens with one attached hydrogen (secondary N) is 1. The number of nitrogens with two attached hydrogens (primary N) is 1. The summed E-state index contributed by atoms with van der Waals surface area (Å²) in [5, 5.41) is 3.36. The van der Waals surface area contributed by atoms with Gasteiger partial charge in [-0.3, -0.25) is 0 Å². The number of esters is 1. The molecule has 1 aliphatic rings. The van der Waals surface area contributed by atoms with Crippen molar-refractivity contribution < 1.29 is 14.3 Å². The number of hydrogen-bond donors (Lipinski definition) is 2. The van der Waals surface area contributed by atoms with Crippen LogP contribution in [0.25, 0.3) is 0 Å². The maximum atomic E-state index is 11.5. The van der Waals surface area contributed by atoms with Gasteiger partial charge in [-0.1, -0.05) is 0 Å². The minimum atomic E-state index is -0.356. The van der Waals surface area contributed by atoms with Gasteiger partial charge in [-0.15, -0.1) is 0 Å². The lowest BCUT2D eigenvalue weighted by molar-refractivity contribution is 0.0600. The molecule has 1 aromatic carbocycles. The molecule has 1 heterocycles. The van der Waals surface area contributed by atoms with Crippen LogP contribution in [0.15, 0.2) is 18.2 Å². The van der Waals surface area contributed by atoms with Gasteiger partial charge < -0.3 is 20.5 Å². The lowest BCUT2D eigenvalue weighted by Crippen LogP contribution is -2.28. The molecule has 2 rings (SSSR count). The fraction of sp³-hybridized carbons (Fsp3) is 0.462. The van der Waals surface area contributed by atoms with Gasteiger partial charge in [0.25, 0.3) is 0 Å². The van der Waals surface area contributed by atoms with E-state index in [1.54, 1.807) is 18.2 Å². The summed E-state index contributed by atoms with van der Waals surface area (Å²) < 4.78 is 10.00. The molecule has 1 aromatic rings. The average Bonchev–Trinajstić information content (AvgIpc) is 2.41. The van der Waals surface area contributed by atoms with Gasteiger partial charge in [0.2, 0.25) is 0 Å². The van der Waals surface area contributed by atoms with Crippen molar-refractivity contribution in [3.05, 3.63) is 23.8 Å². The molecule has 0 amide bonds. The first-order valence-electron chi connectivity index (χ1n) is 6.03. The third-order valence-electron chi connectivity index (χ3n) is 3.06. The molecule has 1 fully saturated rings. The molecule has 0 unspecified atom stereocenters. The number of methoxy groups -OCH3 is 1. The quantitative estimate of drug-likeness (QED) is 0.630. The maximum Gasteiger partial charge on any atom is 0.337 e. The molecule has 5 heteroatoms. The highest BCUT2D eigenvalue weighted by Gasteiger charge is 2.15. The Kier molecular flexibility index (Phi) is 4.04. The molecule has 1 aliphatic heterocycles. The van der Waals surface area contributed by atoms with Crippen molar-refractivity contribution in [2.24, 2.45) is 0 Å². The summed E-state index contributed by atoms with van der Waals surface area (Å²) >= 11 is 0. The maximum absolute atomic E-state index is 11.5. The van der Waals surface area contributed by atoms with Crippen molar-refractivity contribution in [3.63, 3.8) is 0 Å². The van der Waals surface area contributed by atoms with E-state index in [0.29, 0.717) is 17.3 Å². The topological polar surface area (TPSA) is 73.6 Å². The Bertz CT molecular complexity index is 428. The normalized spacial score (nSPS) is 16.3. The fourth-order valence-electron chi connectivity index (χ4n) is 1.99. The molecule has 0 aliphatic carbocycles. The van der Waals surface area contributed by atoms with Crippen molar-refractivity contribution >= 4 is 17.3 Å². The van der Waals surface area contributed by atoms with Crippen molar-refractivity contribution in [2.45, 2.75) is 18.9 Å². The Morgan fingerprint density at radius 2 is 2.17 bits per heavy atom. The Morgan fingerprint density at radius 3 is 2.83 bits per heavy atom. The summed E-state index contributed by atoms with van der Waals surface area (Å²) in [4.78, 5) is 11.5. The standard InChI is InChI=1S/C13H18N2O3/c1-17-13(16)9-2-3-11(14)12(8-9)15-10-4-6-18-7-5-10/h2-3,8,10,15H,4-7,14H2,1H3. The van der Waals surface area contributed by atoms with Crippen LogP contribution in [-0.4, -0.2) is 32.3 Å². The average molecular weight is 250 g/mol. The van der Waals surface area contributed by atoms with E-state index in [4.69, 9.17) is 15.2 Å². The van der Waals surface area contributed by atoms with E-state index in [-0.39, 0.29) is 5.97 Å². The molecule has 0 atom stereocenters. The second kappa shape index (κ2) is 5.73. The summed E-state index contributed by atoms with van der Waals surface area (Å²) in [6, 6.07) is 5.45. The number of anilines is 2. The number of ether oxygens (including phenoxy) is 2. The van der Waals surface area contributed by atoms with Gasteiger partial charge in [0.1, 0.15) is 0 Å². The van der Waals surface area contributed by atoms with Gasteiger partial charge in [0.15, 0.2) is 0 Å². The highest BCUT2D eigenvalue weighted by atomic mass is 16.5. The van der Waals surface area contributed by atoms with E-state index in [1.807, 2.05) is 0 Å². The molecule has 98 valence electrons. The van der Waals surface area contributed by atoms with E-state index in [1.165, 1.54) is 7.11 Å². The summed E-state index contributed by atoms with van der Waals surface area (Å²) in [7, 11) is 1.37. The SMILES string of the molecule is COC(=O)c1ccc(N)c(NC2CCOCC2)c1. The first kappa shape index (κ1) is 12.7. The minimum Gasteiger partial charge on any atom is -0.465 e. The fourth-order valence-corrected chi connectivity index (χ4v) is 1.99. The van der Waals surface area contributed by atoms with E-state index < -0.39 is 0 Å². The predicted molar refractivity (Wildman–Crippen MR) is 69.7 cm³/mol. The van der Waals surface area contributed by atoms with E-state index in [0.717, 1.165) is 31.7 Å². The zero-order chi connectivity index (χ0) is 13.0. The van der Waals surface area contributed by atoms with Gasteiger partial charge in [-0.2, -0.15) is 0 Å². The predicted octanol–water partition coefficient (Wildman–Crippen LogP) is 1.65. The number of hydrogen-bond acceptors (Lipinski definition) is 5. The molecular weight excluding hydrogens is 232 g/mol. The molecule has 0 aromatic heterocycles. The molecule has 18 heavy (non-hydrogen) atoms. The smallest absolute Gasteiger partial charge is 0.337 e. The third kappa shape index (κ3) is 2.92. The van der Waals surface area contributed by atoms with Gasteiger partial charge >= 0.3 is 5.97 Å². The summed E-state index contributed by atoms with van der Waals surface area (Å²) in [6.07, 6.45) is 1.89. The van der Waals surface area contributed by atoms with Crippen LogP contribution in [-0.2, 0) is 9.47 Å². The molecule has 0 spiro atoms. The van der Waals surface area contributed by atoms with Crippen LogP contribution in [0.2, 0.25) is 0 Å². The largest absolute Gasteiger partial charge is 0.465 e. The number of rotatable bonds is 3. The van der Waals surface area contributed by atoms with E-state index in [9.17, 15) is 4.79 Å². The van der Waals surface area contributed by atoms with Crippen LogP contribution in [0.4, 0.5) is 11.4 Å². The van der Waals surface area contributed by atoms with Crippen LogP contribution in [0.3, 0.4) is 0 Å². The van der Waals surface area contributed by atoms with E-state index in [2.05, 4.69) is 5.32 Å². The van der Waals surface area contributed by atoms with Crippen molar-refractivity contribution in [1.29, 1.82) is 0 Å². The minimum absolute atomic E-state index is 0.342. The molecule has 0 saturated carbocycles. The van der Waals surface area contributed by atoms with Gasteiger partial charge in [-0.05, 0) is 31.0 Å². The Labute approximate surface area is 106 Å². The molecule has 0 bridgehead atoms.